The molecule has 1 unspecified atom stereocenters. The Kier molecular flexibility index (Phi) is 2.82. The molecule has 0 spiro atoms. The number of halogens is 1. The van der Waals surface area contributed by atoms with E-state index in [-0.39, 0.29) is 0 Å². The lowest BCUT2D eigenvalue weighted by atomic mass is 10.0. The standard InChI is InChI=1S/C13H11ClO2S/c14-9-6-11(17-7-9)12(15)10-3-1-2-8-4-5-16-13(8)10/h1-3,6-7,12,15H,4-5H2. The monoisotopic (exact) mass is 266 g/mol. The van der Waals surface area contributed by atoms with E-state index in [1.54, 1.807) is 6.07 Å². The molecule has 1 N–H and O–H groups in total. The predicted octanol–water partition coefficient (Wildman–Crippen LogP) is 3.42. The number of hydrogen-bond acceptors (Lipinski definition) is 3. The second-order valence-electron chi connectivity index (χ2n) is 4.00. The first-order chi connectivity index (χ1) is 8.25. The van der Waals surface area contributed by atoms with E-state index in [1.165, 1.54) is 16.9 Å². The zero-order valence-corrected chi connectivity index (χ0v) is 10.6. The van der Waals surface area contributed by atoms with Gasteiger partial charge in [0, 0.05) is 22.2 Å². The van der Waals surface area contributed by atoms with Crippen molar-refractivity contribution in [3.8, 4) is 5.75 Å². The highest BCUT2D eigenvalue weighted by molar-refractivity contribution is 7.10. The van der Waals surface area contributed by atoms with Gasteiger partial charge in [-0.15, -0.1) is 11.3 Å². The van der Waals surface area contributed by atoms with Crippen molar-refractivity contribution in [2.45, 2.75) is 12.5 Å². The number of para-hydroxylation sites is 1. The van der Waals surface area contributed by atoms with Crippen molar-refractivity contribution in [2.75, 3.05) is 6.61 Å². The number of hydrogen-bond donors (Lipinski definition) is 1. The third-order valence-corrected chi connectivity index (χ3v) is 4.23. The summed E-state index contributed by atoms with van der Waals surface area (Å²) in [7, 11) is 0. The highest BCUT2D eigenvalue weighted by Gasteiger charge is 2.22. The van der Waals surface area contributed by atoms with E-state index in [2.05, 4.69) is 0 Å². The summed E-state index contributed by atoms with van der Waals surface area (Å²) in [6.45, 7) is 0.699. The van der Waals surface area contributed by atoms with Gasteiger partial charge in [0.15, 0.2) is 0 Å². The summed E-state index contributed by atoms with van der Waals surface area (Å²) in [6, 6.07) is 7.70. The van der Waals surface area contributed by atoms with E-state index in [4.69, 9.17) is 16.3 Å². The molecule has 2 heterocycles. The Balaban J connectivity index is 2.02. The van der Waals surface area contributed by atoms with Crippen LogP contribution in [0.25, 0.3) is 0 Å². The maximum absolute atomic E-state index is 10.3. The molecule has 1 atom stereocenters. The molecule has 0 fully saturated rings. The van der Waals surface area contributed by atoms with E-state index >= 15 is 0 Å². The summed E-state index contributed by atoms with van der Waals surface area (Å²) in [6.07, 6.45) is 0.265. The number of fused-ring (bicyclic) bond motifs is 1. The molecule has 17 heavy (non-hydrogen) atoms. The van der Waals surface area contributed by atoms with Crippen LogP contribution in [-0.2, 0) is 6.42 Å². The molecule has 2 nitrogen and oxygen atoms in total. The Morgan fingerprint density at radius 1 is 1.41 bits per heavy atom. The zero-order valence-electron chi connectivity index (χ0n) is 9.02. The fourth-order valence-corrected chi connectivity index (χ4v) is 3.16. The van der Waals surface area contributed by atoms with E-state index in [0.717, 1.165) is 22.6 Å². The molecule has 0 saturated heterocycles. The Hall–Kier alpha value is -1.03. The molecular formula is C13H11ClO2S. The molecule has 0 amide bonds. The predicted molar refractivity (Wildman–Crippen MR) is 69.0 cm³/mol. The minimum atomic E-state index is -0.652. The number of thiophene rings is 1. The van der Waals surface area contributed by atoms with Crippen molar-refractivity contribution in [2.24, 2.45) is 0 Å². The Morgan fingerprint density at radius 2 is 2.29 bits per heavy atom. The molecule has 4 heteroatoms. The van der Waals surface area contributed by atoms with Gasteiger partial charge >= 0.3 is 0 Å². The lowest BCUT2D eigenvalue weighted by Crippen LogP contribution is -2.00. The lowest BCUT2D eigenvalue weighted by molar-refractivity contribution is 0.217. The Bertz CT molecular complexity index is 550. The molecule has 1 aromatic heterocycles. The van der Waals surface area contributed by atoms with E-state index in [9.17, 15) is 5.11 Å². The molecule has 2 aromatic rings. The van der Waals surface area contributed by atoms with Gasteiger partial charge in [0.05, 0.1) is 11.6 Å². The number of rotatable bonds is 2. The topological polar surface area (TPSA) is 29.5 Å². The fraction of sp³-hybridized carbons (Fsp3) is 0.231. The number of aliphatic hydroxyl groups excluding tert-OH is 1. The second-order valence-corrected chi connectivity index (χ2v) is 5.38. The lowest BCUT2D eigenvalue weighted by Gasteiger charge is -2.12. The number of benzene rings is 1. The molecule has 0 saturated carbocycles. The summed E-state index contributed by atoms with van der Waals surface area (Å²) < 4.78 is 5.59. The maximum atomic E-state index is 10.3. The van der Waals surface area contributed by atoms with Gasteiger partial charge in [0.2, 0.25) is 0 Å². The van der Waals surface area contributed by atoms with Gasteiger partial charge in [-0.2, -0.15) is 0 Å². The van der Waals surface area contributed by atoms with Gasteiger partial charge in [-0.25, -0.2) is 0 Å². The van der Waals surface area contributed by atoms with E-state index < -0.39 is 6.10 Å². The molecule has 3 rings (SSSR count). The first-order valence-electron chi connectivity index (χ1n) is 5.42. The Morgan fingerprint density at radius 3 is 3.06 bits per heavy atom. The molecule has 1 aliphatic heterocycles. The summed E-state index contributed by atoms with van der Waals surface area (Å²) in [5, 5.41) is 12.8. The van der Waals surface area contributed by atoms with Crippen LogP contribution in [0, 0.1) is 0 Å². The first-order valence-corrected chi connectivity index (χ1v) is 6.68. The minimum Gasteiger partial charge on any atom is -0.493 e. The van der Waals surface area contributed by atoms with Crippen LogP contribution in [0.15, 0.2) is 29.6 Å². The number of aliphatic hydroxyl groups is 1. The zero-order chi connectivity index (χ0) is 11.8. The SMILES string of the molecule is OC(c1cc(Cl)cs1)c1cccc2c1OCC2. The van der Waals surface area contributed by atoms with Crippen LogP contribution >= 0.6 is 22.9 Å². The molecule has 88 valence electrons. The molecular weight excluding hydrogens is 256 g/mol. The average Bonchev–Trinajstić information content (AvgIpc) is 2.95. The summed E-state index contributed by atoms with van der Waals surface area (Å²) >= 11 is 7.34. The normalized spacial score (nSPS) is 15.4. The van der Waals surface area contributed by atoms with Crippen molar-refractivity contribution >= 4 is 22.9 Å². The van der Waals surface area contributed by atoms with Crippen LogP contribution in [-0.4, -0.2) is 11.7 Å². The van der Waals surface area contributed by atoms with Crippen LogP contribution in [0.2, 0.25) is 5.02 Å². The molecule has 0 radical (unpaired) electrons. The number of ether oxygens (including phenoxy) is 1. The summed E-state index contributed by atoms with van der Waals surface area (Å²) in [5.41, 5.74) is 2.00. The van der Waals surface area contributed by atoms with Crippen molar-refractivity contribution < 1.29 is 9.84 Å². The van der Waals surface area contributed by atoms with Gasteiger partial charge in [0.1, 0.15) is 11.9 Å². The van der Waals surface area contributed by atoms with Gasteiger partial charge < -0.3 is 9.84 Å². The fourth-order valence-electron chi connectivity index (χ4n) is 2.08. The summed E-state index contributed by atoms with van der Waals surface area (Å²) in [4.78, 5) is 0.846. The summed E-state index contributed by atoms with van der Waals surface area (Å²) in [5.74, 6) is 0.838. The van der Waals surface area contributed by atoms with E-state index in [1.807, 2.05) is 23.6 Å². The van der Waals surface area contributed by atoms with Crippen molar-refractivity contribution in [1.82, 2.24) is 0 Å². The van der Waals surface area contributed by atoms with Crippen LogP contribution in [0.1, 0.15) is 22.1 Å². The molecule has 1 aromatic carbocycles. The highest BCUT2D eigenvalue weighted by atomic mass is 35.5. The van der Waals surface area contributed by atoms with Gasteiger partial charge in [-0.05, 0) is 11.6 Å². The van der Waals surface area contributed by atoms with Gasteiger partial charge in [0.25, 0.3) is 0 Å². The smallest absolute Gasteiger partial charge is 0.128 e. The first kappa shape index (κ1) is 11.1. The maximum Gasteiger partial charge on any atom is 0.128 e. The molecule has 0 bridgehead atoms. The second kappa shape index (κ2) is 4.33. The minimum absolute atomic E-state index is 0.652. The molecule has 1 aliphatic rings. The van der Waals surface area contributed by atoms with Gasteiger partial charge in [-0.3, -0.25) is 0 Å². The third-order valence-electron chi connectivity index (χ3n) is 2.90. The largest absolute Gasteiger partial charge is 0.493 e. The van der Waals surface area contributed by atoms with Crippen LogP contribution in [0.4, 0.5) is 0 Å². The average molecular weight is 267 g/mol. The quantitative estimate of drug-likeness (QED) is 0.903. The highest BCUT2D eigenvalue weighted by Crippen LogP contribution is 2.38. The van der Waals surface area contributed by atoms with Crippen LogP contribution in [0.5, 0.6) is 5.75 Å². The van der Waals surface area contributed by atoms with Crippen molar-refractivity contribution in [3.63, 3.8) is 0 Å². The molecule has 0 aliphatic carbocycles. The van der Waals surface area contributed by atoms with Crippen molar-refractivity contribution in [1.29, 1.82) is 0 Å². The van der Waals surface area contributed by atoms with E-state index in [0.29, 0.717) is 11.6 Å². The van der Waals surface area contributed by atoms with Gasteiger partial charge in [-0.1, -0.05) is 29.8 Å². The van der Waals surface area contributed by atoms with Crippen molar-refractivity contribution in [3.05, 3.63) is 50.7 Å². The van der Waals surface area contributed by atoms with Crippen LogP contribution in [0.3, 0.4) is 0 Å². The Labute approximate surface area is 108 Å². The third kappa shape index (κ3) is 1.95. The van der Waals surface area contributed by atoms with Crippen LogP contribution < -0.4 is 4.74 Å².